The van der Waals surface area contributed by atoms with Gasteiger partial charge in [0, 0.05) is 35.9 Å². The summed E-state index contributed by atoms with van der Waals surface area (Å²) in [4.78, 5) is 17.2. The maximum atomic E-state index is 14.9. The van der Waals surface area contributed by atoms with Crippen LogP contribution in [-0.4, -0.2) is 56.9 Å². The molecule has 2 heterocycles. The number of halogens is 1. The van der Waals surface area contributed by atoms with Crippen molar-refractivity contribution in [3.8, 4) is 0 Å². The number of esters is 1. The van der Waals surface area contributed by atoms with Crippen LogP contribution in [0, 0.1) is 0 Å². The Morgan fingerprint density at radius 2 is 1.83 bits per heavy atom. The number of ether oxygens (including phenoxy) is 2. The Bertz CT molecular complexity index is 1240. The Labute approximate surface area is 217 Å². The van der Waals surface area contributed by atoms with Crippen LogP contribution in [0.2, 0.25) is 0 Å². The van der Waals surface area contributed by atoms with E-state index in [0.29, 0.717) is 53.0 Å². The number of hydrogen-bond acceptors (Lipinski definition) is 6. The Morgan fingerprint density at radius 1 is 1.14 bits per heavy atom. The molecule has 4 rings (SSSR count). The molecule has 0 radical (unpaired) electrons. The third-order valence-corrected chi connectivity index (χ3v) is 9.91. The molecule has 1 atom stereocenters. The minimum atomic E-state index is -3.44. The molecule has 0 aliphatic carbocycles. The number of carbonyl (C=O) groups excluding carboxylic acids is 1. The van der Waals surface area contributed by atoms with Crippen LogP contribution >= 0.6 is 34.7 Å². The van der Waals surface area contributed by atoms with Gasteiger partial charge in [-0.3, -0.25) is 9.56 Å². The average molecular weight is 577 g/mol. The van der Waals surface area contributed by atoms with Gasteiger partial charge in [0.15, 0.2) is 0 Å². The number of anilines is 2. The van der Waals surface area contributed by atoms with Crippen LogP contribution in [0.5, 0.6) is 0 Å². The molecule has 0 spiro atoms. The van der Waals surface area contributed by atoms with E-state index in [2.05, 4.69) is 31.3 Å². The van der Waals surface area contributed by atoms with Crippen LogP contribution in [0.1, 0.15) is 15.2 Å². The van der Waals surface area contributed by atoms with Gasteiger partial charge in [0.1, 0.15) is 15.7 Å². The summed E-state index contributed by atoms with van der Waals surface area (Å²) in [6.45, 7) is 1.90. The first kappa shape index (κ1) is 25.6. The molecule has 0 saturated carbocycles. The first-order chi connectivity index (χ1) is 16.9. The second-order valence-electron chi connectivity index (χ2n) is 7.64. The molecule has 1 fully saturated rings. The number of carbonyl (C=O) groups is 1. The lowest BCUT2D eigenvalue weighted by atomic mass is 10.2. The minimum absolute atomic E-state index is 0.347. The zero-order valence-corrected chi connectivity index (χ0v) is 22.7. The monoisotopic (exact) mass is 576 g/mol. The second-order valence-corrected chi connectivity index (χ2v) is 12.0. The zero-order valence-electron chi connectivity index (χ0n) is 19.4. The summed E-state index contributed by atoms with van der Waals surface area (Å²) in [5.41, 5.74) is 1.57. The Morgan fingerprint density at radius 3 is 2.46 bits per heavy atom. The van der Waals surface area contributed by atoms with Gasteiger partial charge in [-0.05, 0) is 30.3 Å². The first-order valence-electron chi connectivity index (χ1n) is 10.9. The first-order valence-corrected chi connectivity index (χ1v) is 14.2. The summed E-state index contributed by atoms with van der Waals surface area (Å²) in [5, 5.41) is 7.68. The summed E-state index contributed by atoms with van der Waals surface area (Å²) in [6.07, 6.45) is 0. The summed E-state index contributed by atoms with van der Waals surface area (Å²) in [5.74, 6) is 0.110. The highest BCUT2D eigenvalue weighted by Crippen LogP contribution is 2.52. The number of morpholine rings is 1. The van der Waals surface area contributed by atoms with Gasteiger partial charge >= 0.3 is 5.97 Å². The number of amidine groups is 1. The molecular formula is C24H26BrN4O4PS. The molecule has 1 aliphatic heterocycles. The van der Waals surface area contributed by atoms with Gasteiger partial charge in [0.05, 0.1) is 25.6 Å². The van der Waals surface area contributed by atoms with Gasteiger partial charge in [0.25, 0.3) is 7.44 Å². The van der Waals surface area contributed by atoms with Crippen molar-refractivity contribution < 1.29 is 18.8 Å². The van der Waals surface area contributed by atoms with Gasteiger partial charge in [0.2, 0.25) is 0 Å². The third-order valence-electron chi connectivity index (χ3n) is 5.44. The molecule has 0 amide bonds. The van der Waals surface area contributed by atoms with E-state index in [0.717, 1.165) is 10.0 Å². The molecule has 1 aromatic heterocycles. The number of hydrogen-bond donors (Lipinski definition) is 2. The molecule has 1 saturated heterocycles. The van der Waals surface area contributed by atoms with Crippen molar-refractivity contribution in [2.45, 2.75) is 0 Å². The predicted octanol–water partition coefficient (Wildman–Crippen LogP) is 5.05. The van der Waals surface area contributed by atoms with Gasteiger partial charge in [-0.2, -0.15) is 0 Å². The number of nitrogens with zero attached hydrogens (tertiary/aromatic N) is 2. The summed E-state index contributed by atoms with van der Waals surface area (Å²) < 4.78 is 28.2. The van der Waals surface area contributed by atoms with Crippen molar-refractivity contribution in [3.05, 3.63) is 75.6 Å². The van der Waals surface area contributed by atoms with Crippen LogP contribution in [0.15, 0.2) is 70.1 Å². The highest BCUT2D eigenvalue weighted by Gasteiger charge is 2.38. The molecule has 11 heteroatoms. The van der Waals surface area contributed by atoms with E-state index in [4.69, 9.17) is 9.47 Å². The topological polar surface area (TPSA) is 92.3 Å². The smallest absolute Gasteiger partial charge is 0.348 e. The maximum absolute atomic E-state index is 14.9. The highest BCUT2D eigenvalue weighted by molar-refractivity contribution is 9.10. The normalized spacial score (nSPS) is 16.4. The fourth-order valence-electron chi connectivity index (χ4n) is 3.68. The molecule has 0 bridgehead atoms. The van der Waals surface area contributed by atoms with Crippen molar-refractivity contribution in [3.63, 3.8) is 0 Å². The number of benzene rings is 2. The van der Waals surface area contributed by atoms with Gasteiger partial charge < -0.3 is 19.9 Å². The van der Waals surface area contributed by atoms with Gasteiger partial charge in [-0.15, -0.1) is 11.3 Å². The summed E-state index contributed by atoms with van der Waals surface area (Å²) in [6, 6.07) is 18.8. The van der Waals surface area contributed by atoms with Gasteiger partial charge in [-0.1, -0.05) is 46.3 Å². The second kappa shape index (κ2) is 11.5. The molecule has 0 unspecified atom stereocenters. The van der Waals surface area contributed by atoms with Crippen LogP contribution in [0.25, 0.3) is 0 Å². The summed E-state index contributed by atoms with van der Waals surface area (Å²) >= 11 is 4.64. The molecule has 1 aliphatic rings. The number of nitrogens with one attached hydrogen (secondary N) is 2. The Balaban J connectivity index is 1.81. The van der Waals surface area contributed by atoms with Crippen LogP contribution in [0.3, 0.4) is 0 Å². The minimum Gasteiger partial charge on any atom is -0.465 e. The van der Waals surface area contributed by atoms with E-state index in [1.165, 1.54) is 18.4 Å². The lowest BCUT2D eigenvalue weighted by molar-refractivity contribution is 0.0606. The Kier molecular flexibility index (Phi) is 8.41. The van der Waals surface area contributed by atoms with Crippen molar-refractivity contribution in [1.29, 1.82) is 0 Å². The molecule has 3 aromatic rings. The average Bonchev–Trinajstić information content (AvgIpc) is 3.33. The van der Waals surface area contributed by atoms with Crippen LogP contribution < -0.4 is 15.7 Å². The number of aliphatic imine (C=N–C) groups is 1. The number of rotatable bonds is 7. The van der Waals surface area contributed by atoms with E-state index < -0.39 is 13.4 Å². The van der Waals surface area contributed by atoms with Crippen molar-refractivity contribution in [1.82, 2.24) is 4.67 Å². The van der Waals surface area contributed by atoms with E-state index in [9.17, 15) is 9.36 Å². The van der Waals surface area contributed by atoms with E-state index in [1.54, 1.807) is 13.1 Å². The zero-order chi connectivity index (χ0) is 24.8. The summed E-state index contributed by atoms with van der Waals surface area (Å²) in [7, 11) is -0.418. The van der Waals surface area contributed by atoms with E-state index in [-0.39, 0.29) is 0 Å². The fourth-order valence-corrected chi connectivity index (χ4v) is 7.84. The SMILES string of the molecule is CN=C(Nc1sc(C(=O)OC)cc1[P@](=O)(Nc1ccc(Br)cc1)N1CCOCC1)c1ccccc1. The fraction of sp³-hybridized carbons (Fsp3) is 0.250. The highest BCUT2D eigenvalue weighted by atomic mass is 79.9. The van der Waals surface area contributed by atoms with Gasteiger partial charge in [-0.25, -0.2) is 9.46 Å². The van der Waals surface area contributed by atoms with Crippen LogP contribution in [-0.2, 0) is 14.0 Å². The van der Waals surface area contributed by atoms with E-state index in [1.807, 2.05) is 59.3 Å². The standard InChI is InChI=1S/C24H26BrN4O4PS/c1-26-22(17-6-4-3-5-7-17)27-23-20(16-21(35-23)24(30)32-2)34(31,29-12-14-33-15-13-29)28-19-10-8-18(25)9-11-19/h3-11,16H,12-15H2,1-2H3,(H,26,27)(H,28,31)/t34-/m0/s1. The number of thiophene rings is 1. The molecule has 2 N–H and O–H groups in total. The molecule has 184 valence electrons. The Hall–Kier alpha value is -2.49. The van der Waals surface area contributed by atoms with Crippen molar-refractivity contribution in [2.75, 3.05) is 50.9 Å². The molecule has 2 aromatic carbocycles. The van der Waals surface area contributed by atoms with Crippen molar-refractivity contribution >= 4 is 62.5 Å². The van der Waals surface area contributed by atoms with Crippen molar-refractivity contribution in [2.24, 2.45) is 4.99 Å². The predicted molar refractivity (Wildman–Crippen MR) is 146 cm³/mol. The third kappa shape index (κ3) is 5.85. The molecule has 8 nitrogen and oxygen atoms in total. The van der Waals surface area contributed by atoms with E-state index >= 15 is 0 Å². The largest absolute Gasteiger partial charge is 0.465 e. The molecule has 35 heavy (non-hydrogen) atoms. The lowest BCUT2D eigenvalue weighted by Gasteiger charge is -2.35. The maximum Gasteiger partial charge on any atom is 0.348 e. The quantitative estimate of drug-likeness (QED) is 0.176. The van der Waals surface area contributed by atoms with Crippen LogP contribution in [0.4, 0.5) is 10.7 Å². The lowest BCUT2D eigenvalue weighted by Crippen LogP contribution is -2.39. The number of methoxy groups -OCH3 is 1. The molecular weight excluding hydrogens is 551 g/mol.